The predicted octanol–water partition coefficient (Wildman–Crippen LogP) is 5.95. The zero-order chi connectivity index (χ0) is 24.8. The molecule has 35 heavy (non-hydrogen) atoms. The van der Waals surface area contributed by atoms with E-state index in [4.69, 9.17) is 23.2 Å². The van der Waals surface area contributed by atoms with Gasteiger partial charge in [-0.2, -0.15) is 0 Å². The van der Waals surface area contributed by atoms with Crippen LogP contribution < -0.4 is 4.90 Å². The second kappa shape index (κ2) is 11.8. The molecule has 0 unspecified atom stereocenters. The fourth-order valence-corrected chi connectivity index (χ4v) is 5.33. The normalized spacial score (nSPS) is 17.6. The molecule has 2 N–H and O–H groups in total. The molecule has 0 spiro atoms. The van der Waals surface area contributed by atoms with Crippen LogP contribution in [0, 0.1) is 0 Å². The quantitative estimate of drug-likeness (QED) is 0.372. The molecular formula is C29H34Cl2N2O2. The Balaban J connectivity index is 1.42. The molecule has 0 saturated carbocycles. The standard InChI is InChI=1S/C29H34Cl2N2O2/c1-32(24-10-6-3-7-11-24)21-28(34)25(22-12-13-26(30)27(31)20-22)14-17-33-18-15-29(35,16-19-33)23-8-4-2-5-9-23/h2-13,20,25,28,34-35H,14-19,21H2,1H3/t25-,28-/m0/s1. The van der Waals surface area contributed by atoms with Crippen molar-refractivity contribution in [2.45, 2.75) is 36.9 Å². The Labute approximate surface area is 218 Å². The lowest BCUT2D eigenvalue weighted by atomic mass is 9.84. The van der Waals surface area contributed by atoms with Crippen LogP contribution in [0.3, 0.4) is 0 Å². The first kappa shape index (κ1) is 26.0. The van der Waals surface area contributed by atoms with Gasteiger partial charge in [0.2, 0.25) is 0 Å². The third-order valence-electron chi connectivity index (χ3n) is 7.24. The number of aliphatic hydroxyl groups is 2. The van der Waals surface area contributed by atoms with Gasteiger partial charge in [-0.05, 0) is 61.2 Å². The lowest BCUT2D eigenvalue weighted by molar-refractivity contribution is -0.0270. The summed E-state index contributed by atoms with van der Waals surface area (Å²) in [5, 5.41) is 23.5. The molecule has 0 aromatic heterocycles. The Morgan fingerprint density at radius 3 is 2.17 bits per heavy atom. The average Bonchev–Trinajstić information content (AvgIpc) is 2.88. The Bertz CT molecular complexity index is 1070. The molecule has 3 aromatic rings. The van der Waals surface area contributed by atoms with Crippen LogP contribution in [0.2, 0.25) is 10.0 Å². The van der Waals surface area contributed by atoms with Crippen molar-refractivity contribution in [3.63, 3.8) is 0 Å². The van der Waals surface area contributed by atoms with Crippen LogP contribution in [0.25, 0.3) is 0 Å². The third-order valence-corrected chi connectivity index (χ3v) is 7.98. The molecule has 2 atom stereocenters. The maximum absolute atomic E-state index is 11.3. The number of piperidine rings is 1. The maximum atomic E-state index is 11.3. The van der Waals surface area contributed by atoms with Crippen molar-refractivity contribution in [3.05, 3.63) is 100 Å². The van der Waals surface area contributed by atoms with Gasteiger partial charge in [0, 0.05) is 38.3 Å². The molecule has 3 aromatic carbocycles. The maximum Gasteiger partial charge on any atom is 0.0920 e. The van der Waals surface area contributed by atoms with Crippen LogP contribution in [0.1, 0.15) is 36.3 Å². The topological polar surface area (TPSA) is 46.9 Å². The van der Waals surface area contributed by atoms with Crippen molar-refractivity contribution >= 4 is 28.9 Å². The van der Waals surface area contributed by atoms with E-state index < -0.39 is 11.7 Å². The van der Waals surface area contributed by atoms with Gasteiger partial charge in [-0.3, -0.25) is 0 Å². The number of likely N-dealkylation sites (N-methyl/N-ethyl adjacent to an activating group) is 1. The van der Waals surface area contributed by atoms with Gasteiger partial charge in [-0.1, -0.05) is 77.8 Å². The summed E-state index contributed by atoms with van der Waals surface area (Å²) < 4.78 is 0. The molecule has 1 aliphatic heterocycles. The number of hydrogen-bond donors (Lipinski definition) is 2. The highest BCUT2D eigenvalue weighted by Gasteiger charge is 2.34. The molecule has 6 heteroatoms. The minimum absolute atomic E-state index is 0.0918. The highest BCUT2D eigenvalue weighted by Crippen LogP contribution is 2.34. The number of likely N-dealkylation sites (tertiary alicyclic amines) is 1. The summed E-state index contributed by atoms with van der Waals surface area (Å²) in [5.74, 6) is -0.0918. The van der Waals surface area contributed by atoms with Crippen molar-refractivity contribution in [2.75, 3.05) is 38.1 Å². The monoisotopic (exact) mass is 512 g/mol. The summed E-state index contributed by atoms with van der Waals surface area (Å²) in [4.78, 5) is 4.46. The SMILES string of the molecule is CN(C[C@H](O)[C@@H](CCN1CCC(O)(c2ccccc2)CC1)c1ccc(Cl)c(Cl)c1)c1ccccc1. The van der Waals surface area contributed by atoms with Crippen LogP contribution in [-0.2, 0) is 5.60 Å². The van der Waals surface area contributed by atoms with E-state index in [1.165, 1.54) is 0 Å². The highest BCUT2D eigenvalue weighted by atomic mass is 35.5. The minimum atomic E-state index is -0.765. The molecule has 186 valence electrons. The largest absolute Gasteiger partial charge is 0.391 e. The van der Waals surface area contributed by atoms with E-state index in [0.717, 1.165) is 42.9 Å². The second-order valence-corrected chi connectivity index (χ2v) is 10.4. The smallest absolute Gasteiger partial charge is 0.0920 e. The molecule has 1 heterocycles. The molecular weight excluding hydrogens is 479 g/mol. The molecule has 0 radical (unpaired) electrons. The number of halogens is 2. The number of para-hydroxylation sites is 1. The van der Waals surface area contributed by atoms with Gasteiger partial charge in [0.25, 0.3) is 0 Å². The van der Waals surface area contributed by atoms with Crippen molar-refractivity contribution in [3.8, 4) is 0 Å². The van der Waals surface area contributed by atoms with Gasteiger partial charge < -0.3 is 20.0 Å². The van der Waals surface area contributed by atoms with Gasteiger partial charge in [0.15, 0.2) is 0 Å². The van der Waals surface area contributed by atoms with Crippen LogP contribution >= 0.6 is 23.2 Å². The van der Waals surface area contributed by atoms with Crippen molar-refractivity contribution in [1.82, 2.24) is 4.90 Å². The Morgan fingerprint density at radius 2 is 1.54 bits per heavy atom. The second-order valence-electron chi connectivity index (χ2n) is 9.59. The van der Waals surface area contributed by atoms with Crippen LogP contribution in [-0.4, -0.2) is 54.4 Å². The number of rotatable bonds is 9. The molecule has 4 nitrogen and oxygen atoms in total. The third kappa shape index (κ3) is 6.58. The van der Waals surface area contributed by atoms with Crippen molar-refractivity contribution in [1.29, 1.82) is 0 Å². The minimum Gasteiger partial charge on any atom is -0.391 e. The van der Waals surface area contributed by atoms with Crippen LogP contribution in [0.15, 0.2) is 78.9 Å². The van der Waals surface area contributed by atoms with Gasteiger partial charge in [0.1, 0.15) is 0 Å². The van der Waals surface area contributed by atoms with Crippen molar-refractivity contribution < 1.29 is 10.2 Å². The Morgan fingerprint density at radius 1 is 0.914 bits per heavy atom. The lowest BCUT2D eigenvalue weighted by Gasteiger charge is -2.39. The molecule has 1 saturated heterocycles. The van der Waals surface area contributed by atoms with Gasteiger partial charge in [-0.25, -0.2) is 0 Å². The van der Waals surface area contributed by atoms with E-state index in [0.29, 0.717) is 29.4 Å². The molecule has 1 fully saturated rings. The van der Waals surface area contributed by atoms with Crippen LogP contribution in [0.4, 0.5) is 5.69 Å². The molecule has 4 rings (SSSR count). The molecule has 0 bridgehead atoms. The first-order valence-electron chi connectivity index (χ1n) is 12.3. The Hall–Kier alpha value is -2.08. The molecule has 0 amide bonds. The summed E-state index contributed by atoms with van der Waals surface area (Å²) in [6, 6.07) is 25.7. The summed E-state index contributed by atoms with van der Waals surface area (Å²) >= 11 is 12.5. The first-order chi connectivity index (χ1) is 16.9. The van der Waals surface area contributed by atoms with E-state index in [1.807, 2.05) is 79.8 Å². The average molecular weight is 514 g/mol. The van der Waals surface area contributed by atoms with Gasteiger partial charge in [-0.15, -0.1) is 0 Å². The fourth-order valence-electron chi connectivity index (χ4n) is 5.03. The summed E-state index contributed by atoms with van der Waals surface area (Å²) in [6.45, 7) is 2.98. The Kier molecular flexibility index (Phi) is 8.74. The number of hydrogen-bond acceptors (Lipinski definition) is 4. The van der Waals surface area contributed by atoms with E-state index >= 15 is 0 Å². The number of nitrogens with zero attached hydrogens (tertiary/aromatic N) is 2. The lowest BCUT2D eigenvalue weighted by Crippen LogP contribution is -2.43. The number of benzene rings is 3. The van der Waals surface area contributed by atoms with E-state index in [2.05, 4.69) is 9.80 Å². The fraction of sp³-hybridized carbons (Fsp3) is 0.379. The van der Waals surface area contributed by atoms with E-state index in [1.54, 1.807) is 6.07 Å². The van der Waals surface area contributed by atoms with Crippen LogP contribution in [0.5, 0.6) is 0 Å². The highest BCUT2D eigenvalue weighted by molar-refractivity contribution is 6.42. The zero-order valence-corrected chi connectivity index (χ0v) is 21.7. The summed E-state index contributed by atoms with van der Waals surface area (Å²) in [5.41, 5.74) is 2.29. The van der Waals surface area contributed by atoms with Gasteiger partial charge in [0.05, 0.1) is 21.8 Å². The van der Waals surface area contributed by atoms with Gasteiger partial charge >= 0.3 is 0 Å². The predicted molar refractivity (Wildman–Crippen MR) is 146 cm³/mol. The van der Waals surface area contributed by atoms with E-state index in [9.17, 15) is 10.2 Å². The zero-order valence-electron chi connectivity index (χ0n) is 20.2. The van der Waals surface area contributed by atoms with E-state index in [-0.39, 0.29) is 5.92 Å². The summed E-state index contributed by atoms with van der Waals surface area (Å²) in [6.07, 6.45) is 1.61. The molecule has 0 aliphatic carbocycles. The number of aliphatic hydroxyl groups excluding tert-OH is 1. The number of anilines is 1. The first-order valence-corrected chi connectivity index (χ1v) is 13.0. The summed E-state index contributed by atoms with van der Waals surface area (Å²) in [7, 11) is 2.00. The molecule has 1 aliphatic rings. The van der Waals surface area contributed by atoms with Crippen molar-refractivity contribution in [2.24, 2.45) is 0 Å².